The van der Waals surface area contributed by atoms with Crippen LogP contribution in [0.25, 0.3) is 0 Å². The molecule has 0 atom stereocenters. The second kappa shape index (κ2) is 5.76. The number of rotatable bonds is 3. The summed E-state index contributed by atoms with van der Waals surface area (Å²) in [4.78, 5) is 11.9. The Kier molecular flexibility index (Phi) is 4.07. The molecule has 1 aromatic carbocycles. The lowest BCUT2D eigenvalue weighted by Crippen LogP contribution is -2.30. The zero-order valence-corrected chi connectivity index (χ0v) is 10.5. The van der Waals surface area contributed by atoms with Gasteiger partial charge < -0.3 is 16.2 Å². The summed E-state index contributed by atoms with van der Waals surface area (Å²) in [7, 11) is 0. The fourth-order valence-electron chi connectivity index (χ4n) is 2.42. The van der Waals surface area contributed by atoms with Crippen molar-refractivity contribution in [1.29, 1.82) is 0 Å². The van der Waals surface area contributed by atoms with Gasteiger partial charge in [0.15, 0.2) is 0 Å². The van der Waals surface area contributed by atoms with Crippen molar-refractivity contribution in [1.82, 2.24) is 5.32 Å². The quantitative estimate of drug-likeness (QED) is 0.567. The SMILES string of the molecule is Nc1ccc(C(=O)NCC2CCCCC2)cc1O. The highest BCUT2D eigenvalue weighted by Crippen LogP contribution is 2.23. The molecule has 0 unspecified atom stereocenters. The van der Waals surface area contributed by atoms with Gasteiger partial charge in [-0.25, -0.2) is 0 Å². The summed E-state index contributed by atoms with van der Waals surface area (Å²) in [5, 5.41) is 12.4. The second-order valence-corrected chi connectivity index (χ2v) is 4.99. The molecule has 0 spiro atoms. The van der Waals surface area contributed by atoms with E-state index in [0.29, 0.717) is 17.2 Å². The van der Waals surface area contributed by atoms with Crippen molar-refractivity contribution in [3.05, 3.63) is 23.8 Å². The molecule has 0 bridgehead atoms. The van der Waals surface area contributed by atoms with Crippen LogP contribution in [0.5, 0.6) is 5.75 Å². The number of aromatic hydroxyl groups is 1. The van der Waals surface area contributed by atoms with E-state index >= 15 is 0 Å². The minimum absolute atomic E-state index is 0.0414. The number of hydrogen-bond acceptors (Lipinski definition) is 3. The molecule has 1 aromatic rings. The van der Waals surface area contributed by atoms with E-state index in [1.54, 1.807) is 12.1 Å². The Morgan fingerprint density at radius 3 is 2.72 bits per heavy atom. The lowest BCUT2D eigenvalue weighted by Gasteiger charge is -2.21. The average molecular weight is 248 g/mol. The number of nitrogen functional groups attached to an aromatic ring is 1. The van der Waals surface area contributed by atoms with Crippen LogP contribution in [0.1, 0.15) is 42.5 Å². The first-order chi connectivity index (χ1) is 8.66. The first kappa shape index (κ1) is 12.7. The fraction of sp³-hybridized carbons (Fsp3) is 0.500. The van der Waals surface area contributed by atoms with E-state index in [1.807, 2.05) is 0 Å². The summed E-state index contributed by atoms with van der Waals surface area (Å²) < 4.78 is 0. The minimum Gasteiger partial charge on any atom is -0.506 e. The number of hydrogen-bond donors (Lipinski definition) is 3. The number of phenolic OH excluding ortho intramolecular Hbond substituents is 1. The molecule has 1 saturated carbocycles. The molecule has 0 heterocycles. The van der Waals surface area contributed by atoms with E-state index in [2.05, 4.69) is 5.32 Å². The first-order valence-electron chi connectivity index (χ1n) is 6.53. The topological polar surface area (TPSA) is 75.4 Å². The summed E-state index contributed by atoms with van der Waals surface area (Å²) in [6, 6.07) is 4.58. The van der Waals surface area contributed by atoms with E-state index in [0.717, 1.165) is 6.54 Å². The Morgan fingerprint density at radius 1 is 1.33 bits per heavy atom. The molecule has 4 heteroatoms. The Labute approximate surface area is 107 Å². The average Bonchev–Trinajstić information content (AvgIpc) is 2.40. The molecule has 18 heavy (non-hydrogen) atoms. The van der Waals surface area contributed by atoms with Gasteiger partial charge in [-0.1, -0.05) is 19.3 Å². The van der Waals surface area contributed by atoms with Crippen molar-refractivity contribution in [2.45, 2.75) is 32.1 Å². The van der Waals surface area contributed by atoms with Gasteiger partial charge in [0.05, 0.1) is 5.69 Å². The zero-order chi connectivity index (χ0) is 13.0. The predicted octanol–water partition coefficient (Wildman–Crippen LogP) is 2.28. The molecule has 1 aliphatic rings. The van der Waals surface area contributed by atoms with Crippen LogP contribution in [0.2, 0.25) is 0 Å². The highest BCUT2D eigenvalue weighted by atomic mass is 16.3. The molecular weight excluding hydrogens is 228 g/mol. The van der Waals surface area contributed by atoms with Crippen LogP contribution in [0.4, 0.5) is 5.69 Å². The largest absolute Gasteiger partial charge is 0.506 e. The number of carbonyl (C=O) groups excluding carboxylic acids is 1. The second-order valence-electron chi connectivity index (χ2n) is 4.99. The van der Waals surface area contributed by atoms with Crippen molar-refractivity contribution in [2.75, 3.05) is 12.3 Å². The summed E-state index contributed by atoms with van der Waals surface area (Å²) in [5.41, 5.74) is 6.24. The molecule has 1 fully saturated rings. The van der Waals surface area contributed by atoms with Crippen molar-refractivity contribution in [3.63, 3.8) is 0 Å². The molecule has 0 radical (unpaired) electrons. The van der Waals surface area contributed by atoms with Crippen molar-refractivity contribution in [3.8, 4) is 5.75 Å². The van der Waals surface area contributed by atoms with E-state index < -0.39 is 0 Å². The van der Waals surface area contributed by atoms with Gasteiger partial charge in [-0.2, -0.15) is 0 Å². The van der Waals surface area contributed by atoms with Gasteiger partial charge in [-0.3, -0.25) is 4.79 Å². The molecule has 0 aliphatic heterocycles. The third-order valence-electron chi connectivity index (χ3n) is 3.57. The smallest absolute Gasteiger partial charge is 0.251 e. The Hall–Kier alpha value is -1.71. The molecule has 0 saturated heterocycles. The predicted molar refractivity (Wildman–Crippen MR) is 71.4 cm³/mol. The van der Waals surface area contributed by atoms with Crippen LogP contribution in [0.3, 0.4) is 0 Å². The molecule has 2 rings (SSSR count). The Balaban J connectivity index is 1.88. The standard InChI is InChI=1S/C14H20N2O2/c15-12-7-6-11(8-13(12)17)14(18)16-9-10-4-2-1-3-5-10/h6-8,10,17H,1-5,9,15H2,(H,16,18). The molecule has 4 N–H and O–H groups in total. The summed E-state index contributed by atoms with van der Waals surface area (Å²) in [6.07, 6.45) is 6.25. The Morgan fingerprint density at radius 2 is 2.06 bits per heavy atom. The van der Waals surface area contributed by atoms with E-state index in [9.17, 15) is 9.90 Å². The molecule has 0 aromatic heterocycles. The maximum Gasteiger partial charge on any atom is 0.251 e. The molecule has 1 amide bonds. The van der Waals surface area contributed by atoms with E-state index in [4.69, 9.17) is 5.73 Å². The summed E-state index contributed by atoms with van der Waals surface area (Å²) in [5.74, 6) is 0.418. The van der Waals surface area contributed by atoms with E-state index in [1.165, 1.54) is 38.2 Å². The highest BCUT2D eigenvalue weighted by Gasteiger charge is 2.15. The van der Waals surface area contributed by atoms with Gasteiger partial charge in [0, 0.05) is 12.1 Å². The normalized spacial score (nSPS) is 16.4. The third kappa shape index (κ3) is 3.15. The third-order valence-corrected chi connectivity index (χ3v) is 3.57. The first-order valence-corrected chi connectivity index (χ1v) is 6.53. The zero-order valence-electron chi connectivity index (χ0n) is 10.5. The molecule has 1 aliphatic carbocycles. The van der Waals surface area contributed by atoms with Crippen LogP contribution in [0.15, 0.2) is 18.2 Å². The Bertz CT molecular complexity index is 426. The lowest BCUT2D eigenvalue weighted by molar-refractivity contribution is 0.0943. The van der Waals surface area contributed by atoms with Crippen molar-refractivity contribution < 1.29 is 9.90 Å². The van der Waals surface area contributed by atoms with Crippen molar-refractivity contribution in [2.24, 2.45) is 5.92 Å². The number of benzene rings is 1. The van der Waals surface area contributed by atoms with Crippen LogP contribution in [-0.4, -0.2) is 17.6 Å². The number of nitrogens with one attached hydrogen (secondary N) is 1. The van der Waals surface area contributed by atoms with Gasteiger partial charge in [0.1, 0.15) is 5.75 Å². The maximum atomic E-state index is 11.9. The number of anilines is 1. The number of nitrogens with two attached hydrogens (primary N) is 1. The van der Waals surface area contributed by atoms with Gasteiger partial charge in [-0.15, -0.1) is 0 Å². The van der Waals surface area contributed by atoms with Crippen LogP contribution in [0, 0.1) is 5.92 Å². The highest BCUT2D eigenvalue weighted by molar-refractivity contribution is 5.95. The van der Waals surface area contributed by atoms with E-state index in [-0.39, 0.29) is 11.7 Å². The monoisotopic (exact) mass is 248 g/mol. The van der Waals surface area contributed by atoms with Gasteiger partial charge in [0.25, 0.3) is 5.91 Å². The number of carbonyl (C=O) groups is 1. The number of phenols is 1. The van der Waals surface area contributed by atoms with Gasteiger partial charge >= 0.3 is 0 Å². The molecular formula is C14H20N2O2. The summed E-state index contributed by atoms with van der Waals surface area (Å²) in [6.45, 7) is 0.726. The van der Waals surface area contributed by atoms with Crippen LogP contribution < -0.4 is 11.1 Å². The van der Waals surface area contributed by atoms with Crippen molar-refractivity contribution >= 4 is 11.6 Å². The van der Waals surface area contributed by atoms with Crippen LogP contribution in [-0.2, 0) is 0 Å². The maximum absolute atomic E-state index is 11.9. The van der Waals surface area contributed by atoms with Crippen LogP contribution >= 0.6 is 0 Å². The summed E-state index contributed by atoms with van der Waals surface area (Å²) >= 11 is 0. The molecule has 98 valence electrons. The lowest BCUT2D eigenvalue weighted by atomic mass is 9.89. The molecule has 4 nitrogen and oxygen atoms in total. The minimum atomic E-state index is -0.143. The fourth-order valence-corrected chi connectivity index (χ4v) is 2.42. The van der Waals surface area contributed by atoms with Gasteiger partial charge in [-0.05, 0) is 37.0 Å². The number of amides is 1. The van der Waals surface area contributed by atoms with Gasteiger partial charge in [0.2, 0.25) is 0 Å².